The third-order valence-corrected chi connectivity index (χ3v) is 2.26. The van der Waals surface area contributed by atoms with Crippen LogP contribution in [-0.4, -0.2) is 49.5 Å². The van der Waals surface area contributed by atoms with Gasteiger partial charge in [-0.3, -0.25) is 0 Å². The first-order valence-corrected chi connectivity index (χ1v) is 7.47. The van der Waals surface area contributed by atoms with E-state index < -0.39 is 14.6 Å². The monoisotopic (exact) mass is 292 g/mol. The number of unbranched alkanes of at least 4 members (excludes halogenated alkanes) is 3. The molecule has 0 saturated heterocycles. The van der Waals surface area contributed by atoms with Crippen molar-refractivity contribution in [3.63, 3.8) is 0 Å². The van der Waals surface area contributed by atoms with Crippen molar-refractivity contribution < 1.29 is 29.0 Å². The topological polar surface area (TPSA) is 88.4 Å². The predicted octanol–water partition coefficient (Wildman–Crippen LogP) is 1.37. The van der Waals surface area contributed by atoms with Crippen LogP contribution >= 0.6 is 0 Å². The van der Waals surface area contributed by atoms with E-state index in [9.17, 15) is 0 Å². The SMILES string of the molecule is CCCCOB(OCCCC)OCCCC.OB(O)O. The van der Waals surface area contributed by atoms with Gasteiger partial charge < -0.3 is 29.0 Å². The first-order chi connectivity index (χ1) is 9.58. The zero-order chi connectivity index (χ0) is 15.6. The van der Waals surface area contributed by atoms with E-state index in [4.69, 9.17) is 29.0 Å². The molecule has 3 N–H and O–H groups in total. The third-order valence-electron chi connectivity index (χ3n) is 2.26. The molecule has 0 atom stereocenters. The van der Waals surface area contributed by atoms with Crippen LogP contribution in [-0.2, 0) is 14.0 Å². The van der Waals surface area contributed by atoms with E-state index in [2.05, 4.69) is 20.8 Å². The van der Waals surface area contributed by atoms with Gasteiger partial charge in [0.15, 0.2) is 0 Å². The number of rotatable bonds is 12. The molecule has 0 aromatic heterocycles. The summed E-state index contributed by atoms with van der Waals surface area (Å²) >= 11 is 0. The molecule has 0 radical (unpaired) electrons. The van der Waals surface area contributed by atoms with Crippen LogP contribution in [0, 0.1) is 0 Å². The summed E-state index contributed by atoms with van der Waals surface area (Å²) in [7, 11) is -2.62. The van der Waals surface area contributed by atoms with Crippen LogP contribution in [0.3, 0.4) is 0 Å². The molecular formula is C12H30B2O6. The normalized spacial score (nSPS) is 9.90. The molecule has 6 nitrogen and oxygen atoms in total. The van der Waals surface area contributed by atoms with Gasteiger partial charge in [0.05, 0.1) is 0 Å². The summed E-state index contributed by atoms with van der Waals surface area (Å²) < 4.78 is 16.6. The Morgan fingerprint density at radius 1 is 0.650 bits per heavy atom. The molecule has 0 amide bonds. The molecule has 0 aromatic carbocycles. The molecule has 0 aliphatic rings. The molecule has 0 aromatic rings. The van der Waals surface area contributed by atoms with Crippen molar-refractivity contribution in [1.29, 1.82) is 0 Å². The molecule has 0 aliphatic heterocycles. The van der Waals surface area contributed by atoms with Crippen molar-refractivity contribution >= 4 is 14.6 Å². The summed E-state index contributed by atoms with van der Waals surface area (Å²) in [5.74, 6) is 0. The van der Waals surface area contributed by atoms with E-state index in [-0.39, 0.29) is 0 Å². The van der Waals surface area contributed by atoms with Gasteiger partial charge in [-0.1, -0.05) is 40.0 Å². The van der Waals surface area contributed by atoms with Gasteiger partial charge in [-0.15, -0.1) is 0 Å². The second-order valence-corrected chi connectivity index (χ2v) is 4.31. The lowest BCUT2D eigenvalue weighted by molar-refractivity contribution is 0.0899. The Morgan fingerprint density at radius 3 is 1.10 bits per heavy atom. The average Bonchev–Trinajstić information content (AvgIpc) is 2.38. The van der Waals surface area contributed by atoms with Crippen LogP contribution in [0.25, 0.3) is 0 Å². The minimum absolute atomic E-state index is 0.454. The van der Waals surface area contributed by atoms with Crippen LogP contribution in [0.5, 0.6) is 0 Å². The average molecular weight is 292 g/mol. The zero-order valence-electron chi connectivity index (χ0n) is 13.1. The van der Waals surface area contributed by atoms with Crippen molar-refractivity contribution in [2.45, 2.75) is 59.3 Å². The van der Waals surface area contributed by atoms with E-state index in [0.717, 1.165) is 58.3 Å². The van der Waals surface area contributed by atoms with Crippen molar-refractivity contribution in [3.05, 3.63) is 0 Å². The Kier molecular flexibility index (Phi) is 20.9. The number of hydrogen-bond acceptors (Lipinski definition) is 6. The minimum Gasteiger partial charge on any atom is -0.402 e. The van der Waals surface area contributed by atoms with Gasteiger partial charge in [0.1, 0.15) is 0 Å². The van der Waals surface area contributed by atoms with Crippen molar-refractivity contribution in [2.75, 3.05) is 19.8 Å². The lowest BCUT2D eigenvalue weighted by Crippen LogP contribution is -2.28. The molecule has 0 unspecified atom stereocenters. The fourth-order valence-corrected chi connectivity index (χ4v) is 1.12. The lowest BCUT2D eigenvalue weighted by Gasteiger charge is -2.14. The van der Waals surface area contributed by atoms with E-state index in [1.807, 2.05) is 0 Å². The summed E-state index contributed by atoms with van der Waals surface area (Å²) in [6.07, 6.45) is 6.59. The van der Waals surface area contributed by atoms with Crippen LogP contribution in [0.15, 0.2) is 0 Å². The van der Waals surface area contributed by atoms with E-state index in [0.29, 0.717) is 0 Å². The van der Waals surface area contributed by atoms with Gasteiger partial charge in [-0.25, -0.2) is 0 Å². The molecule has 0 fully saturated rings. The molecule has 0 spiro atoms. The highest BCUT2D eigenvalue weighted by atomic mass is 16.7. The van der Waals surface area contributed by atoms with Crippen molar-refractivity contribution in [1.82, 2.24) is 0 Å². The maximum absolute atomic E-state index is 7.17. The smallest absolute Gasteiger partial charge is 0.402 e. The zero-order valence-corrected chi connectivity index (χ0v) is 13.1. The Hall–Kier alpha value is -0.110. The van der Waals surface area contributed by atoms with Crippen LogP contribution < -0.4 is 0 Å². The first kappa shape index (κ1) is 22.2. The Morgan fingerprint density at radius 2 is 0.900 bits per heavy atom. The molecule has 0 aliphatic carbocycles. The van der Waals surface area contributed by atoms with Gasteiger partial charge in [0, 0.05) is 19.8 Å². The van der Waals surface area contributed by atoms with Gasteiger partial charge in [-0.05, 0) is 19.3 Å². The maximum Gasteiger partial charge on any atom is 0.639 e. The van der Waals surface area contributed by atoms with Gasteiger partial charge in [0.25, 0.3) is 0 Å². The van der Waals surface area contributed by atoms with Gasteiger partial charge in [0.2, 0.25) is 0 Å². The van der Waals surface area contributed by atoms with Crippen molar-refractivity contribution in [3.8, 4) is 0 Å². The molecule has 0 bridgehead atoms. The first-order valence-electron chi connectivity index (χ1n) is 7.47. The van der Waals surface area contributed by atoms with Crippen LogP contribution in [0.1, 0.15) is 59.3 Å². The van der Waals surface area contributed by atoms with Crippen LogP contribution in [0.4, 0.5) is 0 Å². The van der Waals surface area contributed by atoms with Crippen molar-refractivity contribution in [2.24, 2.45) is 0 Å². The highest BCUT2D eigenvalue weighted by Gasteiger charge is 2.20. The summed E-state index contributed by atoms with van der Waals surface area (Å²) in [5.41, 5.74) is 0. The fourth-order valence-electron chi connectivity index (χ4n) is 1.12. The molecular weight excluding hydrogens is 262 g/mol. The fraction of sp³-hybridized carbons (Fsp3) is 1.00. The Labute approximate surface area is 123 Å². The Balaban J connectivity index is 0. The molecule has 120 valence electrons. The maximum atomic E-state index is 7.17. The van der Waals surface area contributed by atoms with Gasteiger partial charge in [-0.2, -0.15) is 0 Å². The largest absolute Gasteiger partial charge is 0.639 e. The molecule has 20 heavy (non-hydrogen) atoms. The molecule has 0 rings (SSSR count). The van der Waals surface area contributed by atoms with Gasteiger partial charge >= 0.3 is 14.6 Å². The molecule has 0 heterocycles. The third kappa shape index (κ3) is 23.0. The quantitative estimate of drug-likeness (QED) is 0.372. The summed E-state index contributed by atoms with van der Waals surface area (Å²) in [5, 5.41) is 21.5. The second kappa shape index (κ2) is 18.9. The second-order valence-electron chi connectivity index (χ2n) is 4.31. The highest BCUT2D eigenvalue weighted by Crippen LogP contribution is 2.00. The summed E-state index contributed by atoms with van der Waals surface area (Å²) in [4.78, 5) is 0. The lowest BCUT2D eigenvalue weighted by atomic mass is 10.2. The summed E-state index contributed by atoms with van der Waals surface area (Å²) in [6, 6.07) is 0. The van der Waals surface area contributed by atoms with E-state index in [1.54, 1.807) is 0 Å². The van der Waals surface area contributed by atoms with Crippen LogP contribution in [0.2, 0.25) is 0 Å². The number of hydrogen-bond donors (Lipinski definition) is 3. The highest BCUT2D eigenvalue weighted by molar-refractivity contribution is 6.36. The molecule has 0 saturated carbocycles. The standard InChI is InChI=1S/C12H27BO3.BH3O3/c1-4-7-10-14-13(15-11-8-5-2)16-12-9-6-3;2-1(3)4/h4-12H2,1-3H3;2-4H. The molecule has 8 heteroatoms. The summed E-state index contributed by atoms with van der Waals surface area (Å²) in [6.45, 7) is 8.61. The van der Waals surface area contributed by atoms with E-state index in [1.165, 1.54) is 0 Å². The van der Waals surface area contributed by atoms with E-state index >= 15 is 0 Å². The predicted molar refractivity (Wildman–Crippen MR) is 80.7 cm³/mol. The Bertz CT molecular complexity index is 147. The minimum atomic E-state index is -2.17.